The van der Waals surface area contributed by atoms with Crippen molar-refractivity contribution in [1.82, 2.24) is 9.62 Å². The molecular formula is C11H11ClN4O4S. The molecule has 2 rings (SSSR count). The molecule has 1 N–H and O–H groups in total. The van der Waals surface area contributed by atoms with Crippen molar-refractivity contribution in [3.63, 3.8) is 0 Å². The van der Waals surface area contributed by atoms with Gasteiger partial charge in [-0.25, -0.2) is 8.42 Å². The van der Waals surface area contributed by atoms with E-state index in [-0.39, 0.29) is 23.0 Å². The van der Waals surface area contributed by atoms with Crippen LogP contribution in [0.1, 0.15) is 0 Å². The largest absolute Gasteiger partial charge is 0.313 e. The molecule has 112 valence electrons. The van der Waals surface area contributed by atoms with Gasteiger partial charge in [0.2, 0.25) is 10.0 Å². The first-order chi connectivity index (χ1) is 9.87. The second-order valence-corrected chi connectivity index (χ2v) is 6.63. The number of halogens is 1. The average Bonchev–Trinajstić information content (AvgIpc) is 2.47. The van der Waals surface area contributed by atoms with Crippen LogP contribution >= 0.6 is 11.6 Å². The maximum absolute atomic E-state index is 12.5. The van der Waals surface area contributed by atoms with Crippen LogP contribution in [0.4, 0.5) is 5.69 Å². The van der Waals surface area contributed by atoms with Crippen molar-refractivity contribution in [2.75, 3.05) is 19.6 Å². The molecule has 1 aliphatic heterocycles. The zero-order chi connectivity index (χ0) is 15.6. The van der Waals surface area contributed by atoms with Crippen LogP contribution < -0.4 is 5.32 Å². The van der Waals surface area contributed by atoms with Crippen LogP contribution in [0.5, 0.6) is 0 Å². The molecule has 0 amide bonds. The Kier molecular flexibility index (Phi) is 4.43. The van der Waals surface area contributed by atoms with E-state index in [9.17, 15) is 18.5 Å². The second-order valence-electron chi connectivity index (χ2n) is 4.34. The number of sulfonamides is 1. The molecular weight excluding hydrogens is 320 g/mol. The molecule has 1 aliphatic rings. The van der Waals surface area contributed by atoms with Gasteiger partial charge in [0.05, 0.1) is 15.9 Å². The Bertz CT molecular complexity index is 715. The van der Waals surface area contributed by atoms with Gasteiger partial charge in [-0.2, -0.15) is 9.57 Å². The zero-order valence-electron chi connectivity index (χ0n) is 10.7. The van der Waals surface area contributed by atoms with Crippen molar-refractivity contribution in [3.8, 4) is 6.07 Å². The lowest BCUT2D eigenvalue weighted by molar-refractivity contribution is -0.384. The van der Waals surface area contributed by atoms with Crippen molar-refractivity contribution in [1.29, 1.82) is 5.26 Å². The minimum atomic E-state index is -3.99. The molecule has 1 unspecified atom stereocenters. The van der Waals surface area contributed by atoms with E-state index in [4.69, 9.17) is 16.9 Å². The van der Waals surface area contributed by atoms with Gasteiger partial charge in [0.1, 0.15) is 11.1 Å². The Morgan fingerprint density at radius 1 is 1.52 bits per heavy atom. The van der Waals surface area contributed by atoms with Gasteiger partial charge in [-0.3, -0.25) is 10.1 Å². The van der Waals surface area contributed by atoms with Crippen LogP contribution in [0.2, 0.25) is 5.02 Å². The van der Waals surface area contributed by atoms with Gasteiger partial charge in [0.15, 0.2) is 0 Å². The van der Waals surface area contributed by atoms with Crippen molar-refractivity contribution in [2.45, 2.75) is 10.9 Å². The van der Waals surface area contributed by atoms with Crippen LogP contribution in [0.15, 0.2) is 23.1 Å². The number of hydrogen-bond donors (Lipinski definition) is 1. The van der Waals surface area contributed by atoms with E-state index in [2.05, 4.69) is 5.32 Å². The molecule has 1 aromatic carbocycles. The molecule has 1 fully saturated rings. The van der Waals surface area contributed by atoms with Gasteiger partial charge in [-0.1, -0.05) is 11.6 Å². The van der Waals surface area contributed by atoms with Crippen molar-refractivity contribution in [3.05, 3.63) is 33.3 Å². The molecule has 1 heterocycles. The summed E-state index contributed by atoms with van der Waals surface area (Å²) in [6.45, 7) is 0.746. The third-order valence-corrected chi connectivity index (χ3v) is 5.29. The Balaban J connectivity index is 2.47. The van der Waals surface area contributed by atoms with Crippen LogP contribution in [0, 0.1) is 21.4 Å². The zero-order valence-corrected chi connectivity index (χ0v) is 12.3. The maximum Gasteiger partial charge on any atom is 0.289 e. The fraction of sp³-hybridized carbons (Fsp3) is 0.364. The van der Waals surface area contributed by atoms with E-state index in [1.807, 2.05) is 6.07 Å². The number of nitrogens with one attached hydrogen (secondary N) is 1. The summed E-state index contributed by atoms with van der Waals surface area (Å²) >= 11 is 5.67. The number of nitriles is 1. The third-order valence-electron chi connectivity index (χ3n) is 3.06. The molecule has 8 nitrogen and oxygen atoms in total. The standard InChI is InChI=1S/C11H11ClN4O4S/c12-10-2-1-9(5-11(10)16(17)18)21(19,20)15-4-3-14-7-8(15)6-13/h1-2,5,8,14H,3-4,7H2. The van der Waals surface area contributed by atoms with Crippen molar-refractivity contribution >= 4 is 27.3 Å². The summed E-state index contributed by atoms with van der Waals surface area (Å²) in [4.78, 5) is 9.85. The number of nitrogens with zero attached hydrogens (tertiary/aromatic N) is 3. The molecule has 1 saturated heterocycles. The highest BCUT2D eigenvalue weighted by Crippen LogP contribution is 2.29. The minimum absolute atomic E-state index is 0.122. The van der Waals surface area contributed by atoms with Crippen LogP contribution in [0.25, 0.3) is 0 Å². The van der Waals surface area contributed by atoms with E-state index in [1.54, 1.807) is 0 Å². The van der Waals surface area contributed by atoms with E-state index >= 15 is 0 Å². The Morgan fingerprint density at radius 2 is 2.24 bits per heavy atom. The van der Waals surface area contributed by atoms with Crippen LogP contribution in [-0.2, 0) is 10.0 Å². The first kappa shape index (κ1) is 15.7. The predicted molar refractivity (Wildman–Crippen MR) is 74.3 cm³/mol. The summed E-state index contributed by atoms with van der Waals surface area (Å²) in [5, 5.41) is 22.7. The molecule has 0 saturated carbocycles. The molecule has 0 aliphatic carbocycles. The van der Waals surface area contributed by atoms with Gasteiger partial charge in [-0.05, 0) is 12.1 Å². The number of rotatable bonds is 3. The summed E-state index contributed by atoms with van der Waals surface area (Å²) in [6, 6.07) is 4.32. The topological polar surface area (TPSA) is 116 Å². The summed E-state index contributed by atoms with van der Waals surface area (Å²) in [5.74, 6) is 0. The van der Waals surface area contributed by atoms with Crippen molar-refractivity contribution < 1.29 is 13.3 Å². The number of nitro groups is 1. The molecule has 1 aromatic rings. The minimum Gasteiger partial charge on any atom is -0.313 e. The number of nitro benzene ring substituents is 1. The quantitative estimate of drug-likeness (QED) is 0.645. The van der Waals surface area contributed by atoms with E-state index in [0.29, 0.717) is 6.54 Å². The molecule has 0 aromatic heterocycles. The number of hydrogen-bond acceptors (Lipinski definition) is 6. The molecule has 0 radical (unpaired) electrons. The second kappa shape index (κ2) is 5.95. The predicted octanol–water partition coefficient (Wildman–Crippen LogP) is 0.734. The number of piperazine rings is 1. The molecule has 1 atom stereocenters. The first-order valence-electron chi connectivity index (χ1n) is 5.94. The summed E-state index contributed by atoms with van der Waals surface area (Å²) in [6.07, 6.45) is 0. The Labute approximate surface area is 126 Å². The highest BCUT2D eigenvalue weighted by molar-refractivity contribution is 7.89. The van der Waals surface area contributed by atoms with Gasteiger partial charge >= 0.3 is 0 Å². The third kappa shape index (κ3) is 2.98. The summed E-state index contributed by atoms with van der Waals surface area (Å²) in [7, 11) is -3.99. The normalized spacial score (nSPS) is 19.9. The van der Waals surface area contributed by atoms with E-state index in [0.717, 1.165) is 16.4 Å². The van der Waals surface area contributed by atoms with Crippen LogP contribution in [0.3, 0.4) is 0 Å². The fourth-order valence-corrected chi connectivity index (χ4v) is 3.76. The molecule has 21 heavy (non-hydrogen) atoms. The summed E-state index contributed by atoms with van der Waals surface area (Å²) < 4.78 is 26.1. The lowest BCUT2D eigenvalue weighted by atomic mass is 10.3. The molecule has 0 bridgehead atoms. The first-order valence-corrected chi connectivity index (χ1v) is 7.76. The van der Waals surface area contributed by atoms with E-state index < -0.39 is 26.7 Å². The van der Waals surface area contributed by atoms with E-state index in [1.165, 1.54) is 6.07 Å². The number of benzene rings is 1. The lowest BCUT2D eigenvalue weighted by Crippen LogP contribution is -2.52. The van der Waals surface area contributed by atoms with Gasteiger partial charge < -0.3 is 5.32 Å². The maximum atomic E-state index is 12.5. The molecule has 10 heteroatoms. The Hall–Kier alpha value is -1.73. The van der Waals surface area contributed by atoms with Crippen molar-refractivity contribution in [2.24, 2.45) is 0 Å². The van der Waals surface area contributed by atoms with Crippen LogP contribution in [-0.4, -0.2) is 43.3 Å². The monoisotopic (exact) mass is 330 g/mol. The summed E-state index contributed by atoms with van der Waals surface area (Å²) in [5.41, 5.74) is -0.485. The smallest absolute Gasteiger partial charge is 0.289 e. The highest BCUT2D eigenvalue weighted by Gasteiger charge is 2.34. The SMILES string of the molecule is N#CC1CNCCN1S(=O)(=O)c1ccc(Cl)c([N+](=O)[O-])c1. The van der Waals surface area contributed by atoms with Gasteiger partial charge in [0.25, 0.3) is 5.69 Å². The van der Waals surface area contributed by atoms with Gasteiger partial charge in [0, 0.05) is 25.7 Å². The average molecular weight is 331 g/mol. The fourth-order valence-electron chi connectivity index (χ4n) is 2.01. The highest BCUT2D eigenvalue weighted by atomic mass is 35.5. The van der Waals surface area contributed by atoms with Gasteiger partial charge in [-0.15, -0.1) is 0 Å². The molecule has 0 spiro atoms. The lowest BCUT2D eigenvalue weighted by Gasteiger charge is -2.30. The Morgan fingerprint density at radius 3 is 2.86 bits per heavy atom.